The van der Waals surface area contributed by atoms with Gasteiger partial charge in [-0.05, 0) is 12.6 Å². The van der Waals surface area contributed by atoms with E-state index >= 15 is 0 Å². The molecule has 1 aromatic rings. The molecule has 0 aliphatic carbocycles. The van der Waals surface area contributed by atoms with E-state index in [4.69, 9.17) is 19.8 Å². The minimum atomic E-state index is -1.82. The van der Waals surface area contributed by atoms with Crippen LogP contribution in [0.15, 0.2) is 36.4 Å². The van der Waals surface area contributed by atoms with Gasteiger partial charge in [-0.25, -0.2) is 9.59 Å². The van der Waals surface area contributed by atoms with Crippen LogP contribution in [0.2, 0.25) is 0 Å². The Balaban J connectivity index is 0.000000346. The van der Waals surface area contributed by atoms with Gasteiger partial charge in [-0.1, -0.05) is 42.5 Å². The van der Waals surface area contributed by atoms with Crippen molar-refractivity contribution in [2.45, 2.75) is 0 Å². The Bertz CT molecular complexity index is 482. The Kier molecular flexibility index (Phi) is 7.88. The highest BCUT2D eigenvalue weighted by atomic mass is 16.4. The SMILES string of the molecule is CN1CCN(CC=Cc2ccccc2)CC1.O=C(O)C(=O)O. The molecule has 1 saturated heterocycles. The van der Waals surface area contributed by atoms with Crippen LogP contribution >= 0.6 is 0 Å². The van der Waals surface area contributed by atoms with Gasteiger partial charge in [0.15, 0.2) is 0 Å². The third-order valence-corrected chi connectivity index (χ3v) is 3.25. The third kappa shape index (κ3) is 7.56. The first-order chi connectivity index (χ1) is 10.5. The van der Waals surface area contributed by atoms with Gasteiger partial charge in [0, 0.05) is 32.7 Å². The van der Waals surface area contributed by atoms with Crippen molar-refractivity contribution in [2.24, 2.45) is 0 Å². The predicted molar refractivity (Wildman–Crippen MR) is 84.7 cm³/mol. The summed E-state index contributed by atoms with van der Waals surface area (Å²) in [5.74, 6) is -3.65. The third-order valence-electron chi connectivity index (χ3n) is 3.25. The molecule has 1 heterocycles. The number of piperazine rings is 1. The zero-order chi connectivity index (χ0) is 16.4. The minimum absolute atomic E-state index is 1.07. The Morgan fingerprint density at radius 3 is 2.09 bits per heavy atom. The van der Waals surface area contributed by atoms with E-state index in [0.29, 0.717) is 0 Å². The lowest BCUT2D eigenvalue weighted by Gasteiger charge is -2.31. The van der Waals surface area contributed by atoms with Crippen molar-refractivity contribution in [1.82, 2.24) is 9.80 Å². The lowest BCUT2D eigenvalue weighted by Crippen LogP contribution is -2.44. The van der Waals surface area contributed by atoms with Crippen molar-refractivity contribution in [3.63, 3.8) is 0 Å². The van der Waals surface area contributed by atoms with E-state index in [0.717, 1.165) is 6.54 Å². The number of carboxylic acids is 2. The van der Waals surface area contributed by atoms with Crippen LogP contribution in [0.5, 0.6) is 0 Å². The minimum Gasteiger partial charge on any atom is -0.473 e. The Hall–Kier alpha value is -2.18. The summed E-state index contributed by atoms with van der Waals surface area (Å²) in [5, 5.41) is 14.8. The van der Waals surface area contributed by atoms with Crippen LogP contribution in [0.3, 0.4) is 0 Å². The average Bonchev–Trinajstić information content (AvgIpc) is 2.51. The Morgan fingerprint density at radius 1 is 1.05 bits per heavy atom. The van der Waals surface area contributed by atoms with Crippen LogP contribution in [-0.4, -0.2) is 71.7 Å². The number of rotatable bonds is 3. The van der Waals surface area contributed by atoms with E-state index in [9.17, 15) is 0 Å². The molecular formula is C16H22N2O4. The molecule has 0 amide bonds. The van der Waals surface area contributed by atoms with Crippen molar-refractivity contribution >= 4 is 18.0 Å². The van der Waals surface area contributed by atoms with Crippen molar-refractivity contribution in [3.05, 3.63) is 42.0 Å². The van der Waals surface area contributed by atoms with Gasteiger partial charge in [-0.15, -0.1) is 0 Å². The second-order valence-corrected chi connectivity index (χ2v) is 5.03. The van der Waals surface area contributed by atoms with Gasteiger partial charge in [-0.3, -0.25) is 4.90 Å². The monoisotopic (exact) mass is 306 g/mol. The van der Waals surface area contributed by atoms with Gasteiger partial charge in [-0.2, -0.15) is 0 Å². The molecule has 0 atom stereocenters. The van der Waals surface area contributed by atoms with Gasteiger partial charge in [0.25, 0.3) is 0 Å². The van der Waals surface area contributed by atoms with Crippen LogP contribution in [0.25, 0.3) is 6.08 Å². The number of hydrogen-bond donors (Lipinski definition) is 2. The molecule has 120 valence electrons. The zero-order valence-electron chi connectivity index (χ0n) is 12.7. The van der Waals surface area contributed by atoms with Gasteiger partial charge >= 0.3 is 11.9 Å². The normalized spacial score (nSPS) is 16.0. The molecule has 0 unspecified atom stereocenters. The summed E-state index contributed by atoms with van der Waals surface area (Å²) in [6, 6.07) is 10.5. The molecule has 1 fully saturated rings. The van der Waals surface area contributed by atoms with E-state index < -0.39 is 11.9 Å². The van der Waals surface area contributed by atoms with Crippen molar-refractivity contribution < 1.29 is 19.8 Å². The molecule has 6 heteroatoms. The van der Waals surface area contributed by atoms with Crippen molar-refractivity contribution in [2.75, 3.05) is 39.8 Å². The Morgan fingerprint density at radius 2 is 1.59 bits per heavy atom. The van der Waals surface area contributed by atoms with Crippen LogP contribution in [-0.2, 0) is 9.59 Å². The summed E-state index contributed by atoms with van der Waals surface area (Å²) < 4.78 is 0. The molecule has 2 rings (SSSR count). The van der Waals surface area contributed by atoms with Gasteiger partial charge in [0.1, 0.15) is 0 Å². The summed E-state index contributed by atoms with van der Waals surface area (Å²) in [5.41, 5.74) is 1.29. The molecule has 22 heavy (non-hydrogen) atoms. The quantitative estimate of drug-likeness (QED) is 0.814. The first-order valence-corrected chi connectivity index (χ1v) is 7.07. The predicted octanol–water partition coefficient (Wildman–Crippen LogP) is 1.10. The molecule has 1 aliphatic rings. The number of aliphatic carboxylic acids is 2. The molecule has 0 spiro atoms. The fourth-order valence-electron chi connectivity index (χ4n) is 1.93. The van der Waals surface area contributed by atoms with Gasteiger partial charge < -0.3 is 15.1 Å². The lowest BCUT2D eigenvalue weighted by molar-refractivity contribution is -0.159. The number of hydrogen-bond acceptors (Lipinski definition) is 4. The summed E-state index contributed by atoms with van der Waals surface area (Å²) in [6.07, 6.45) is 4.47. The number of benzene rings is 1. The molecule has 1 aromatic carbocycles. The standard InChI is InChI=1S/C14H20N2.C2H2O4/c1-15-10-12-16(13-11-15)9-5-8-14-6-3-2-4-7-14;3-1(4)2(5)6/h2-8H,9-13H2,1H3;(H,3,4)(H,5,6). The molecule has 0 aromatic heterocycles. The summed E-state index contributed by atoms with van der Waals surface area (Å²) >= 11 is 0. The van der Waals surface area contributed by atoms with Crippen molar-refractivity contribution in [3.8, 4) is 0 Å². The Labute approximate surface area is 130 Å². The second-order valence-electron chi connectivity index (χ2n) is 5.03. The number of carboxylic acid groups (broad SMARTS) is 2. The molecule has 0 radical (unpaired) electrons. The first kappa shape index (κ1) is 17.9. The van der Waals surface area contributed by atoms with Crippen LogP contribution in [0, 0.1) is 0 Å². The van der Waals surface area contributed by atoms with E-state index in [2.05, 4.69) is 59.3 Å². The van der Waals surface area contributed by atoms with E-state index in [1.165, 1.54) is 31.7 Å². The summed E-state index contributed by atoms with van der Waals surface area (Å²) in [7, 11) is 2.19. The highest BCUT2D eigenvalue weighted by molar-refractivity contribution is 6.27. The molecule has 2 N–H and O–H groups in total. The highest BCUT2D eigenvalue weighted by Crippen LogP contribution is 2.03. The highest BCUT2D eigenvalue weighted by Gasteiger charge is 2.11. The largest absolute Gasteiger partial charge is 0.473 e. The van der Waals surface area contributed by atoms with Gasteiger partial charge in [0.05, 0.1) is 0 Å². The molecule has 6 nitrogen and oxygen atoms in total. The van der Waals surface area contributed by atoms with E-state index in [-0.39, 0.29) is 0 Å². The average molecular weight is 306 g/mol. The summed E-state index contributed by atoms with van der Waals surface area (Å²) in [6.45, 7) is 5.84. The molecule has 0 saturated carbocycles. The number of likely N-dealkylation sites (N-methyl/N-ethyl adjacent to an activating group) is 1. The second kappa shape index (κ2) is 9.70. The number of carbonyl (C=O) groups is 2. The van der Waals surface area contributed by atoms with Gasteiger partial charge in [0.2, 0.25) is 0 Å². The zero-order valence-corrected chi connectivity index (χ0v) is 12.7. The smallest absolute Gasteiger partial charge is 0.414 e. The topological polar surface area (TPSA) is 81.1 Å². The van der Waals surface area contributed by atoms with Crippen molar-refractivity contribution in [1.29, 1.82) is 0 Å². The maximum absolute atomic E-state index is 9.10. The molecule has 1 aliphatic heterocycles. The lowest BCUT2D eigenvalue weighted by atomic mass is 10.2. The maximum Gasteiger partial charge on any atom is 0.414 e. The fourth-order valence-corrected chi connectivity index (χ4v) is 1.93. The van der Waals surface area contributed by atoms with E-state index in [1.807, 2.05) is 0 Å². The number of nitrogens with zero attached hydrogens (tertiary/aromatic N) is 2. The molecule has 0 bridgehead atoms. The molecular weight excluding hydrogens is 284 g/mol. The van der Waals surface area contributed by atoms with E-state index in [1.54, 1.807) is 0 Å². The first-order valence-electron chi connectivity index (χ1n) is 7.07. The van der Waals surface area contributed by atoms with Crippen LogP contribution in [0.1, 0.15) is 5.56 Å². The van der Waals surface area contributed by atoms with Crippen LogP contribution in [0.4, 0.5) is 0 Å². The fraction of sp³-hybridized carbons (Fsp3) is 0.375. The summed E-state index contributed by atoms with van der Waals surface area (Å²) in [4.78, 5) is 23.1. The van der Waals surface area contributed by atoms with Crippen LogP contribution < -0.4 is 0 Å². The maximum atomic E-state index is 9.10.